The SMILES string of the molecule is C=C(OCC)O[C@@H]1CC=C[C@H]2O[Si](C(C)(C)C)(C(C)(C)C)OC[C@H]2O1. The van der Waals surface area contributed by atoms with E-state index < -0.39 is 14.9 Å². The van der Waals surface area contributed by atoms with Crippen LogP contribution in [-0.2, 0) is 23.1 Å². The molecule has 1 fully saturated rings. The molecule has 1 saturated heterocycles. The highest BCUT2D eigenvalue weighted by atomic mass is 28.4. The fraction of sp³-hybridized carbons (Fsp3) is 0.789. The second kappa shape index (κ2) is 7.43. The van der Waals surface area contributed by atoms with Gasteiger partial charge in [0, 0.05) is 16.5 Å². The van der Waals surface area contributed by atoms with Gasteiger partial charge < -0.3 is 23.1 Å². The molecule has 0 aromatic rings. The molecule has 2 aliphatic rings. The van der Waals surface area contributed by atoms with Crippen molar-refractivity contribution in [3.63, 3.8) is 0 Å². The van der Waals surface area contributed by atoms with Gasteiger partial charge in [-0.2, -0.15) is 0 Å². The number of fused-ring (bicyclic) bond motifs is 1. The molecule has 0 N–H and O–H groups in total. The summed E-state index contributed by atoms with van der Waals surface area (Å²) in [6, 6.07) is 0. The van der Waals surface area contributed by atoms with Crippen molar-refractivity contribution in [2.75, 3.05) is 13.2 Å². The van der Waals surface area contributed by atoms with Crippen molar-refractivity contribution in [1.29, 1.82) is 0 Å². The molecule has 0 bridgehead atoms. The highest BCUT2D eigenvalue weighted by Gasteiger charge is 2.62. The number of rotatable bonds is 4. The quantitative estimate of drug-likeness (QED) is 0.410. The van der Waals surface area contributed by atoms with Crippen LogP contribution in [0.1, 0.15) is 54.9 Å². The molecule has 2 aliphatic heterocycles. The maximum atomic E-state index is 6.68. The lowest BCUT2D eigenvalue weighted by atomic mass is 10.2. The zero-order chi connectivity index (χ0) is 18.9. The first-order valence-corrected chi connectivity index (χ1v) is 10.9. The summed E-state index contributed by atoms with van der Waals surface area (Å²) < 4.78 is 30.2. The molecule has 0 amide bonds. The highest BCUT2D eigenvalue weighted by molar-refractivity contribution is 6.73. The Morgan fingerprint density at radius 3 is 2.40 bits per heavy atom. The summed E-state index contributed by atoms with van der Waals surface area (Å²) in [7, 11) is -2.50. The minimum atomic E-state index is -2.50. The van der Waals surface area contributed by atoms with Crippen molar-refractivity contribution in [2.45, 2.75) is 83.5 Å². The molecule has 25 heavy (non-hydrogen) atoms. The molecular formula is C19H34O5Si. The van der Waals surface area contributed by atoms with Crippen LogP contribution in [0.15, 0.2) is 24.7 Å². The number of hydrogen-bond acceptors (Lipinski definition) is 5. The van der Waals surface area contributed by atoms with Gasteiger partial charge in [0.15, 0.2) is 0 Å². The Balaban J connectivity index is 2.14. The van der Waals surface area contributed by atoms with Crippen LogP contribution in [0, 0.1) is 0 Å². The van der Waals surface area contributed by atoms with E-state index >= 15 is 0 Å². The third-order valence-electron chi connectivity index (χ3n) is 4.64. The normalized spacial score (nSPS) is 29.5. The Morgan fingerprint density at radius 1 is 1.20 bits per heavy atom. The fourth-order valence-electron chi connectivity index (χ4n) is 3.78. The molecule has 2 rings (SSSR count). The van der Waals surface area contributed by atoms with Crippen molar-refractivity contribution in [2.24, 2.45) is 0 Å². The fourth-order valence-corrected chi connectivity index (χ4v) is 8.68. The molecule has 3 atom stereocenters. The first-order chi connectivity index (χ1) is 11.5. The second-order valence-electron chi connectivity index (χ2n) is 8.70. The van der Waals surface area contributed by atoms with E-state index in [-0.39, 0.29) is 28.2 Å². The van der Waals surface area contributed by atoms with Gasteiger partial charge in [0.05, 0.1) is 19.3 Å². The summed E-state index contributed by atoms with van der Waals surface area (Å²) in [6.07, 6.45) is 4.04. The highest BCUT2D eigenvalue weighted by Crippen LogP contribution is 2.54. The molecule has 0 aromatic heterocycles. The average Bonchev–Trinajstić information content (AvgIpc) is 2.65. The summed E-state index contributed by atoms with van der Waals surface area (Å²) in [5, 5.41) is -0.0922. The Labute approximate surface area is 153 Å². The topological polar surface area (TPSA) is 46.2 Å². The van der Waals surface area contributed by atoms with Gasteiger partial charge in [-0.1, -0.05) is 53.7 Å². The van der Waals surface area contributed by atoms with Gasteiger partial charge in [0.2, 0.25) is 6.29 Å². The number of hydrogen-bond donors (Lipinski definition) is 0. The molecule has 0 saturated carbocycles. The molecule has 6 heteroatoms. The Morgan fingerprint density at radius 2 is 1.84 bits per heavy atom. The summed E-state index contributed by atoms with van der Waals surface area (Å²) in [6.45, 7) is 20.0. The van der Waals surface area contributed by atoms with Gasteiger partial charge in [0.1, 0.15) is 6.10 Å². The maximum absolute atomic E-state index is 6.68. The second-order valence-corrected chi connectivity index (χ2v) is 13.5. The van der Waals surface area contributed by atoms with Crippen LogP contribution in [0.25, 0.3) is 0 Å². The lowest BCUT2D eigenvalue weighted by Crippen LogP contribution is -2.64. The standard InChI is InChI=1S/C19H34O5Si/c1-9-20-14(2)22-17-12-10-11-15-16(23-17)13-21-25(24-15,18(3,4)5)19(6,7)8/h10-11,15-17H,2,9,12-13H2,1,3-8H3/t15-,16-,17+/m1/s1. The maximum Gasteiger partial charge on any atom is 0.349 e. The minimum Gasteiger partial charge on any atom is -0.466 e. The van der Waals surface area contributed by atoms with Gasteiger partial charge in [-0.3, -0.25) is 0 Å². The third-order valence-corrected chi connectivity index (χ3v) is 9.77. The van der Waals surface area contributed by atoms with Gasteiger partial charge >= 0.3 is 8.56 Å². The van der Waals surface area contributed by atoms with Crippen LogP contribution in [0.3, 0.4) is 0 Å². The van der Waals surface area contributed by atoms with Crippen LogP contribution in [-0.4, -0.2) is 40.3 Å². The number of ether oxygens (including phenoxy) is 3. The molecular weight excluding hydrogens is 336 g/mol. The van der Waals surface area contributed by atoms with E-state index in [1.54, 1.807) is 0 Å². The van der Waals surface area contributed by atoms with Gasteiger partial charge in [-0.15, -0.1) is 0 Å². The van der Waals surface area contributed by atoms with Crippen LogP contribution in [0.5, 0.6) is 0 Å². The van der Waals surface area contributed by atoms with Crippen molar-refractivity contribution in [3.05, 3.63) is 24.7 Å². The molecule has 5 nitrogen and oxygen atoms in total. The van der Waals surface area contributed by atoms with E-state index in [1.807, 2.05) is 6.92 Å². The van der Waals surface area contributed by atoms with Gasteiger partial charge in [0.25, 0.3) is 5.95 Å². The summed E-state index contributed by atoms with van der Waals surface area (Å²) in [5.74, 6) is 0.283. The Hall–Kier alpha value is -0.823. The summed E-state index contributed by atoms with van der Waals surface area (Å²) in [4.78, 5) is 0. The summed E-state index contributed by atoms with van der Waals surface area (Å²) >= 11 is 0. The molecule has 0 unspecified atom stereocenters. The van der Waals surface area contributed by atoms with Crippen LogP contribution >= 0.6 is 0 Å². The van der Waals surface area contributed by atoms with Crippen molar-refractivity contribution >= 4 is 8.56 Å². The smallest absolute Gasteiger partial charge is 0.349 e. The first kappa shape index (κ1) is 20.5. The van der Waals surface area contributed by atoms with E-state index in [1.165, 1.54) is 0 Å². The van der Waals surface area contributed by atoms with E-state index in [0.29, 0.717) is 19.6 Å². The molecule has 0 radical (unpaired) electrons. The lowest BCUT2D eigenvalue weighted by molar-refractivity contribution is -0.202. The predicted molar refractivity (Wildman–Crippen MR) is 100 cm³/mol. The minimum absolute atomic E-state index is 0.0461. The van der Waals surface area contributed by atoms with Crippen LogP contribution in [0.2, 0.25) is 10.1 Å². The Kier molecular flexibility index (Phi) is 6.09. The predicted octanol–water partition coefficient (Wildman–Crippen LogP) is 4.64. The lowest BCUT2D eigenvalue weighted by Gasteiger charge is -2.54. The Bertz CT molecular complexity index is 489. The summed E-state index contributed by atoms with van der Waals surface area (Å²) in [5.41, 5.74) is 0. The van der Waals surface area contributed by atoms with Crippen molar-refractivity contribution in [1.82, 2.24) is 0 Å². The van der Waals surface area contributed by atoms with Crippen LogP contribution < -0.4 is 0 Å². The zero-order valence-electron chi connectivity index (χ0n) is 16.8. The van der Waals surface area contributed by atoms with E-state index in [9.17, 15) is 0 Å². The third kappa shape index (κ3) is 4.30. The molecule has 2 heterocycles. The first-order valence-electron chi connectivity index (χ1n) is 9.12. The van der Waals surface area contributed by atoms with E-state index in [2.05, 4.69) is 60.3 Å². The van der Waals surface area contributed by atoms with Gasteiger partial charge in [-0.25, -0.2) is 0 Å². The molecule has 144 valence electrons. The van der Waals surface area contributed by atoms with Gasteiger partial charge in [-0.05, 0) is 13.5 Å². The van der Waals surface area contributed by atoms with E-state index in [0.717, 1.165) is 0 Å². The average molecular weight is 371 g/mol. The van der Waals surface area contributed by atoms with Crippen molar-refractivity contribution < 1.29 is 23.1 Å². The van der Waals surface area contributed by atoms with Crippen molar-refractivity contribution in [3.8, 4) is 0 Å². The van der Waals surface area contributed by atoms with E-state index in [4.69, 9.17) is 23.1 Å². The molecule has 0 spiro atoms. The largest absolute Gasteiger partial charge is 0.466 e. The molecule has 0 aromatic carbocycles. The monoisotopic (exact) mass is 370 g/mol. The van der Waals surface area contributed by atoms with Crippen LogP contribution in [0.4, 0.5) is 0 Å². The zero-order valence-corrected chi connectivity index (χ0v) is 17.8. The molecule has 0 aliphatic carbocycles.